The van der Waals surface area contributed by atoms with Crippen LogP contribution in [0.2, 0.25) is 0 Å². The monoisotopic (exact) mass is 526 g/mol. The van der Waals surface area contributed by atoms with Gasteiger partial charge in [-0.25, -0.2) is 0 Å². The average Bonchev–Trinajstić information content (AvgIpc) is 3.43. The number of amides is 1. The van der Waals surface area contributed by atoms with Gasteiger partial charge >= 0.3 is 0 Å². The first-order valence-electron chi connectivity index (χ1n) is 12.9. The molecule has 2 atom stereocenters. The molecule has 3 heterocycles. The second kappa shape index (κ2) is 11.0. The summed E-state index contributed by atoms with van der Waals surface area (Å²) in [4.78, 5) is 32.5. The topological polar surface area (TPSA) is 98.2 Å². The number of aliphatic hydroxyl groups is 1. The van der Waals surface area contributed by atoms with Crippen LogP contribution in [-0.4, -0.2) is 46.0 Å². The summed E-state index contributed by atoms with van der Waals surface area (Å²) in [5.41, 5.74) is 2.76. The first-order valence-corrected chi connectivity index (χ1v) is 12.9. The van der Waals surface area contributed by atoms with Crippen molar-refractivity contribution >= 4 is 17.4 Å². The van der Waals surface area contributed by atoms with Crippen LogP contribution in [0.4, 0.5) is 0 Å². The van der Waals surface area contributed by atoms with E-state index in [4.69, 9.17) is 14.2 Å². The van der Waals surface area contributed by atoms with Crippen molar-refractivity contribution < 1.29 is 28.9 Å². The van der Waals surface area contributed by atoms with Crippen molar-refractivity contribution in [3.8, 4) is 17.2 Å². The zero-order valence-electron chi connectivity index (χ0n) is 21.9. The Kier molecular flexibility index (Phi) is 7.36. The maximum absolute atomic E-state index is 13.5. The van der Waals surface area contributed by atoms with Crippen molar-refractivity contribution in [3.63, 3.8) is 0 Å². The number of carbonyl (C=O) groups excluding carboxylic acids is 2. The summed E-state index contributed by atoms with van der Waals surface area (Å²) in [5, 5.41) is 11.5. The minimum atomic E-state index is -0.860. The third-order valence-corrected chi connectivity index (χ3v) is 6.73. The number of rotatable bonds is 9. The van der Waals surface area contributed by atoms with Crippen LogP contribution in [0.25, 0.3) is 5.76 Å². The molecule has 3 aromatic rings. The van der Waals surface area contributed by atoms with E-state index >= 15 is 0 Å². The van der Waals surface area contributed by atoms with Crippen molar-refractivity contribution in [1.82, 2.24) is 9.88 Å². The van der Waals surface area contributed by atoms with Crippen molar-refractivity contribution in [3.05, 3.63) is 101 Å². The van der Waals surface area contributed by atoms with E-state index in [0.29, 0.717) is 42.3 Å². The zero-order chi connectivity index (χ0) is 27.5. The highest BCUT2D eigenvalue weighted by molar-refractivity contribution is 6.46. The van der Waals surface area contributed by atoms with E-state index in [1.807, 2.05) is 26.0 Å². The summed E-state index contributed by atoms with van der Waals surface area (Å²) in [7, 11) is 0. The summed E-state index contributed by atoms with van der Waals surface area (Å²) < 4.78 is 17.4. The van der Waals surface area contributed by atoms with Crippen LogP contribution in [0.5, 0.6) is 17.2 Å². The number of aliphatic hydroxyl groups excluding tert-OH is 1. The van der Waals surface area contributed by atoms with E-state index in [1.54, 1.807) is 54.9 Å². The Morgan fingerprint density at radius 1 is 1.18 bits per heavy atom. The molecule has 0 unspecified atom stereocenters. The number of Topliss-reactive ketones (excluding diaryl/α,β-unsaturated/α-hetero) is 1. The van der Waals surface area contributed by atoms with Crippen LogP contribution in [0.3, 0.4) is 0 Å². The number of ketones is 1. The van der Waals surface area contributed by atoms with Gasteiger partial charge in [-0.3, -0.25) is 14.6 Å². The molecule has 200 valence electrons. The van der Waals surface area contributed by atoms with Crippen LogP contribution in [0.15, 0.2) is 79.2 Å². The molecule has 8 nitrogen and oxygen atoms in total. The lowest BCUT2D eigenvalue weighted by atomic mass is 9.94. The molecule has 39 heavy (non-hydrogen) atoms. The molecule has 2 aliphatic rings. The molecule has 2 aromatic carbocycles. The largest absolute Gasteiger partial charge is 0.507 e. The Morgan fingerprint density at radius 3 is 2.77 bits per heavy atom. The van der Waals surface area contributed by atoms with E-state index in [1.165, 1.54) is 4.90 Å². The fourth-order valence-corrected chi connectivity index (χ4v) is 5.03. The molecule has 0 bridgehead atoms. The minimum Gasteiger partial charge on any atom is -0.507 e. The van der Waals surface area contributed by atoms with Crippen LogP contribution < -0.4 is 14.2 Å². The standard InChI is InChI=1S/C31H30N2O6/c1-4-13-38-25-11-8-21(16-26(25)37-5-2)28-27(29(34)22-9-10-24-23(15-22)14-19(3)39-24)30(35)31(36)33(28)18-20-7-6-12-32-17-20/h4,6-12,15-17,19,28,34H,1,5,13-14,18H2,2-3H3/t19-,28-/m1/s1. The fraction of sp³-hybridized carbons (Fsp3) is 0.258. The van der Waals surface area contributed by atoms with E-state index in [0.717, 1.165) is 16.9 Å². The number of carbonyl (C=O) groups is 2. The third kappa shape index (κ3) is 5.10. The molecule has 2 aliphatic heterocycles. The molecular weight excluding hydrogens is 496 g/mol. The molecule has 1 N–H and O–H groups in total. The first-order chi connectivity index (χ1) is 18.9. The molecule has 0 spiro atoms. The Morgan fingerprint density at radius 2 is 2.03 bits per heavy atom. The highest BCUT2D eigenvalue weighted by Crippen LogP contribution is 2.43. The zero-order valence-corrected chi connectivity index (χ0v) is 21.9. The molecular formula is C31H30N2O6. The number of likely N-dealkylation sites (tertiary alicyclic amines) is 1. The van der Waals surface area contributed by atoms with Gasteiger partial charge in [0.15, 0.2) is 11.5 Å². The molecule has 5 rings (SSSR count). The van der Waals surface area contributed by atoms with Crippen molar-refractivity contribution in [1.29, 1.82) is 0 Å². The van der Waals surface area contributed by atoms with Gasteiger partial charge in [-0.15, -0.1) is 0 Å². The van der Waals surface area contributed by atoms with Gasteiger partial charge in [-0.05, 0) is 66.9 Å². The number of hydrogen-bond acceptors (Lipinski definition) is 7. The molecule has 1 fully saturated rings. The van der Waals surface area contributed by atoms with Gasteiger partial charge in [-0.2, -0.15) is 0 Å². The second-order valence-corrected chi connectivity index (χ2v) is 9.48. The van der Waals surface area contributed by atoms with Crippen molar-refractivity contribution in [2.24, 2.45) is 0 Å². The van der Waals surface area contributed by atoms with Crippen LogP contribution >= 0.6 is 0 Å². The van der Waals surface area contributed by atoms with Gasteiger partial charge < -0.3 is 24.2 Å². The third-order valence-electron chi connectivity index (χ3n) is 6.73. The molecule has 8 heteroatoms. The predicted octanol–water partition coefficient (Wildman–Crippen LogP) is 4.99. The molecule has 0 aliphatic carbocycles. The van der Waals surface area contributed by atoms with Crippen molar-refractivity contribution in [2.75, 3.05) is 13.2 Å². The van der Waals surface area contributed by atoms with E-state index < -0.39 is 17.7 Å². The number of ether oxygens (including phenoxy) is 3. The predicted molar refractivity (Wildman–Crippen MR) is 146 cm³/mol. The molecule has 1 aromatic heterocycles. The Bertz CT molecular complexity index is 1450. The number of hydrogen-bond donors (Lipinski definition) is 1. The van der Waals surface area contributed by atoms with Crippen molar-refractivity contribution in [2.45, 2.75) is 39.0 Å². The number of pyridine rings is 1. The average molecular weight is 527 g/mol. The normalized spacial score (nSPS) is 19.5. The Balaban J connectivity index is 1.64. The highest BCUT2D eigenvalue weighted by atomic mass is 16.5. The van der Waals surface area contributed by atoms with E-state index in [2.05, 4.69) is 11.6 Å². The number of aromatic nitrogens is 1. The molecule has 0 saturated carbocycles. The first kappa shape index (κ1) is 26.0. The fourth-order valence-electron chi connectivity index (χ4n) is 5.03. The van der Waals surface area contributed by atoms with Gasteiger partial charge in [-0.1, -0.05) is 24.8 Å². The molecule has 1 amide bonds. The van der Waals surface area contributed by atoms with Gasteiger partial charge in [0.2, 0.25) is 0 Å². The highest BCUT2D eigenvalue weighted by Gasteiger charge is 2.46. The van der Waals surface area contributed by atoms with E-state index in [9.17, 15) is 14.7 Å². The maximum Gasteiger partial charge on any atom is 0.295 e. The quantitative estimate of drug-likeness (QED) is 0.182. The Labute approximate surface area is 227 Å². The maximum atomic E-state index is 13.5. The summed E-state index contributed by atoms with van der Waals surface area (Å²) in [6, 6.07) is 13.3. The number of nitrogens with zero attached hydrogens (tertiary/aromatic N) is 2. The van der Waals surface area contributed by atoms with Crippen LogP contribution in [-0.2, 0) is 22.6 Å². The second-order valence-electron chi connectivity index (χ2n) is 9.48. The van der Waals surface area contributed by atoms with Gasteiger partial charge in [0, 0.05) is 30.9 Å². The number of benzene rings is 2. The minimum absolute atomic E-state index is 0.0120. The summed E-state index contributed by atoms with van der Waals surface area (Å²) >= 11 is 0. The SMILES string of the molecule is C=CCOc1ccc([C@@H]2C(=C(O)c3ccc4c(c3)C[C@@H](C)O4)C(=O)C(=O)N2Cc2cccnc2)cc1OCC. The number of fused-ring (bicyclic) bond motifs is 1. The van der Waals surface area contributed by atoms with Crippen LogP contribution in [0, 0.1) is 0 Å². The van der Waals surface area contributed by atoms with Gasteiger partial charge in [0.25, 0.3) is 11.7 Å². The van der Waals surface area contributed by atoms with E-state index in [-0.39, 0.29) is 24.0 Å². The lowest BCUT2D eigenvalue weighted by Crippen LogP contribution is -2.29. The van der Waals surface area contributed by atoms with Gasteiger partial charge in [0.05, 0.1) is 18.2 Å². The summed E-state index contributed by atoms with van der Waals surface area (Å²) in [6.45, 7) is 8.33. The lowest BCUT2D eigenvalue weighted by molar-refractivity contribution is -0.140. The lowest BCUT2D eigenvalue weighted by Gasteiger charge is -2.26. The molecule has 0 radical (unpaired) electrons. The summed E-state index contributed by atoms with van der Waals surface area (Å²) in [5.74, 6) is 0.0401. The smallest absolute Gasteiger partial charge is 0.295 e. The Hall–Kier alpha value is -4.59. The summed E-state index contributed by atoms with van der Waals surface area (Å²) in [6.07, 6.45) is 5.65. The molecule has 1 saturated heterocycles. The van der Waals surface area contributed by atoms with Gasteiger partial charge in [0.1, 0.15) is 24.2 Å². The van der Waals surface area contributed by atoms with Crippen LogP contribution in [0.1, 0.15) is 42.1 Å².